The van der Waals surface area contributed by atoms with Gasteiger partial charge in [-0.1, -0.05) is 12.5 Å². The lowest BCUT2D eigenvalue weighted by Crippen LogP contribution is -2.48. The second kappa shape index (κ2) is 5.71. The number of urea groups is 1. The van der Waals surface area contributed by atoms with Gasteiger partial charge in [0, 0.05) is 6.04 Å². The summed E-state index contributed by atoms with van der Waals surface area (Å²) in [4.78, 5) is 23.3. The van der Waals surface area contributed by atoms with Crippen LogP contribution in [0.15, 0.2) is 18.2 Å². The summed E-state index contributed by atoms with van der Waals surface area (Å²) in [6.45, 7) is 3.38. The van der Waals surface area contributed by atoms with Gasteiger partial charge in [0.15, 0.2) is 0 Å². The number of benzene rings is 1. The van der Waals surface area contributed by atoms with Crippen LogP contribution in [0.4, 0.5) is 14.9 Å². The van der Waals surface area contributed by atoms with Gasteiger partial charge in [0.1, 0.15) is 5.82 Å². The number of aryl methyl sites for hydroxylation is 1. The maximum atomic E-state index is 13.7. The van der Waals surface area contributed by atoms with Crippen molar-refractivity contribution in [3.8, 4) is 0 Å². The summed E-state index contributed by atoms with van der Waals surface area (Å²) in [6, 6.07) is 3.46. The lowest BCUT2D eigenvalue weighted by Gasteiger charge is -2.27. The van der Waals surface area contributed by atoms with Crippen LogP contribution in [0, 0.1) is 18.2 Å². The second-order valence-corrected chi connectivity index (χ2v) is 5.75. The SMILES string of the molecule is Cc1ccc(NC(=O)NC2CCCC2(C)C(=O)O)c(F)c1. The lowest BCUT2D eigenvalue weighted by atomic mass is 9.85. The fraction of sp³-hybridized carbons (Fsp3) is 0.467. The van der Waals surface area contributed by atoms with E-state index in [1.54, 1.807) is 19.9 Å². The zero-order valence-corrected chi connectivity index (χ0v) is 12.1. The minimum atomic E-state index is -0.969. The Morgan fingerprint density at radius 3 is 2.76 bits per heavy atom. The Morgan fingerprint density at radius 1 is 1.43 bits per heavy atom. The van der Waals surface area contributed by atoms with Crippen LogP contribution in [0.5, 0.6) is 0 Å². The molecule has 114 valence electrons. The molecule has 0 heterocycles. The van der Waals surface area contributed by atoms with E-state index < -0.39 is 29.3 Å². The first-order chi connectivity index (χ1) is 9.83. The molecule has 0 radical (unpaired) electrons. The summed E-state index contributed by atoms with van der Waals surface area (Å²) in [7, 11) is 0. The number of nitrogens with one attached hydrogen (secondary N) is 2. The Bertz CT molecular complexity index is 576. The molecule has 1 fully saturated rings. The lowest BCUT2D eigenvalue weighted by molar-refractivity contribution is -0.148. The van der Waals surface area contributed by atoms with E-state index in [0.717, 1.165) is 12.0 Å². The number of anilines is 1. The van der Waals surface area contributed by atoms with Crippen molar-refractivity contribution >= 4 is 17.7 Å². The van der Waals surface area contributed by atoms with Gasteiger partial charge in [0.25, 0.3) is 0 Å². The summed E-state index contributed by atoms with van der Waals surface area (Å²) in [5, 5.41) is 14.4. The van der Waals surface area contributed by atoms with Gasteiger partial charge in [-0.25, -0.2) is 9.18 Å². The molecule has 1 saturated carbocycles. The standard InChI is InChI=1S/C15H19FN2O3/c1-9-5-6-11(10(16)8-9)17-14(21)18-12-4-3-7-15(12,2)13(19)20/h5-6,8,12H,3-4,7H2,1-2H3,(H,19,20)(H2,17,18,21). The summed E-state index contributed by atoms with van der Waals surface area (Å²) in [5.41, 5.74) is -0.135. The number of amides is 2. The highest BCUT2D eigenvalue weighted by Gasteiger charge is 2.45. The van der Waals surface area contributed by atoms with E-state index in [9.17, 15) is 19.1 Å². The minimum Gasteiger partial charge on any atom is -0.481 e. The van der Waals surface area contributed by atoms with E-state index >= 15 is 0 Å². The van der Waals surface area contributed by atoms with E-state index in [1.165, 1.54) is 12.1 Å². The normalized spacial score (nSPS) is 24.6. The number of halogens is 1. The van der Waals surface area contributed by atoms with E-state index in [2.05, 4.69) is 10.6 Å². The Balaban J connectivity index is 2.03. The monoisotopic (exact) mass is 294 g/mol. The quantitative estimate of drug-likeness (QED) is 0.802. The highest BCUT2D eigenvalue weighted by molar-refractivity contribution is 5.90. The molecule has 0 aliphatic heterocycles. The van der Waals surface area contributed by atoms with Gasteiger partial charge in [-0.2, -0.15) is 0 Å². The molecular weight excluding hydrogens is 275 g/mol. The first-order valence-electron chi connectivity index (χ1n) is 6.90. The molecule has 3 N–H and O–H groups in total. The Kier molecular flexibility index (Phi) is 4.16. The van der Waals surface area contributed by atoms with Crippen LogP contribution in [0.1, 0.15) is 31.7 Å². The van der Waals surface area contributed by atoms with Crippen molar-refractivity contribution in [1.82, 2.24) is 5.32 Å². The molecule has 21 heavy (non-hydrogen) atoms. The van der Waals surface area contributed by atoms with E-state index in [-0.39, 0.29) is 5.69 Å². The number of carbonyl (C=O) groups excluding carboxylic acids is 1. The average Bonchev–Trinajstić information content (AvgIpc) is 2.76. The molecule has 0 spiro atoms. The third-order valence-corrected chi connectivity index (χ3v) is 4.12. The van der Waals surface area contributed by atoms with Gasteiger partial charge in [0.05, 0.1) is 11.1 Å². The number of carboxylic acids is 1. The van der Waals surface area contributed by atoms with Gasteiger partial charge < -0.3 is 15.7 Å². The summed E-state index contributed by atoms with van der Waals surface area (Å²) in [6.07, 6.45) is 1.87. The number of aliphatic carboxylic acids is 1. The van der Waals surface area contributed by atoms with Crippen LogP contribution in [0.2, 0.25) is 0 Å². The Hall–Kier alpha value is -2.11. The number of hydrogen-bond donors (Lipinski definition) is 3. The average molecular weight is 294 g/mol. The molecule has 2 unspecified atom stereocenters. The largest absolute Gasteiger partial charge is 0.481 e. The molecule has 1 aromatic rings. The third kappa shape index (κ3) is 3.15. The molecule has 6 heteroatoms. The van der Waals surface area contributed by atoms with Crippen molar-refractivity contribution in [2.24, 2.45) is 5.41 Å². The third-order valence-electron chi connectivity index (χ3n) is 4.12. The summed E-state index contributed by atoms with van der Waals surface area (Å²) < 4.78 is 13.7. The Morgan fingerprint density at radius 2 is 2.14 bits per heavy atom. The molecule has 2 amide bonds. The highest BCUT2D eigenvalue weighted by Crippen LogP contribution is 2.38. The molecule has 2 rings (SSSR count). The molecule has 2 atom stereocenters. The number of carbonyl (C=O) groups is 2. The minimum absolute atomic E-state index is 0.0770. The van der Waals surface area contributed by atoms with Gasteiger partial charge >= 0.3 is 12.0 Å². The van der Waals surface area contributed by atoms with Crippen molar-refractivity contribution in [3.63, 3.8) is 0 Å². The zero-order valence-electron chi connectivity index (χ0n) is 12.1. The van der Waals surface area contributed by atoms with Crippen molar-refractivity contribution in [1.29, 1.82) is 0 Å². The van der Waals surface area contributed by atoms with Crippen LogP contribution in [0.25, 0.3) is 0 Å². The van der Waals surface area contributed by atoms with Gasteiger partial charge in [-0.15, -0.1) is 0 Å². The predicted molar refractivity (Wildman–Crippen MR) is 76.7 cm³/mol. The molecule has 1 aromatic carbocycles. The van der Waals surface area contributed by atoms with Crippen LogP contribution in [0.3, 0.4) is 0 Å². The number of carboxylic acid groups (broad SMARTS) is 1. The highest BCUT2D eigenvalue weighted by atomic mass is 19.1. The van der Waals surface area contributed by atoms with Crippen LogP contribution in [-0.4, -0.2) is 23.1 Å². The fourth-order valence-corrected chi connectivity index (χ4v) is 2.69. The smallest absolute Gasteiger partial charge is 0.319 e. The van der Waals surface area contributed by atoms with E-state index in [0.29, 0.717) is 12.8 Å². The van der Waals surface area contributed by atoms with Crippen molar-refractivity contribution < 1.29 is 19.1 Å². The van der Waals surface area contributed by atoms with Gasteiger partial charge in [-0.05, 0) is 44.4 Å². The number of hydrogen-bond acceptors (Lipinski definition) is 2. The van der Waals surface area contributed by atoms with E-state index in [1.807, 2.05) is 0 Å². The fourth-order valence-electron chi connectivity index (χ4n) is 2.69. The maximum absolute atomic E-state index is 13.7. The second-order valence-electron chi connectivity index (χ2n) is 5.75. The zero-order chi connectivity index (χ0) is 15.6. The summed E-state index contributed by atoms with van der Waals surface area (Å²) in [5.74, 6) is -1.44. The van der Waals surface area contributed by atoms with Crippen molar-refractivity contribution in [3.05, 3.63) is 29.6 Å². The topological polar surface area (TPSA) is 78.4 Å². The number of rotatable bonds is 3. The molecule has 1 aliphatic carbocycles. The molecule has 0 saturated heterocycles. The molecule has 0 bridgehead atoms. The van der Waals surface area contributed by atoms with Gasteiger partial charge in [0.2, 0.25) is 0 Å². The predicted octanol–water partition coefficient (Wildman–Crippen LogP) is 2.90. The summed E-state index contributed by atoms with van der Waals surface area (Å²) >= 11 is 0. The van der Waals surface area contributed by atoms with Crippen LogP contribution >= 0.6 is 0 Å². The van der Waals surface area contributed by atoms with Crippen LogP contribution in [-0.2, 0) is 4.79 Å². The van der Waals surface area contributed by atoms with Crippen molar-refractivity contribution in [2.75, 3.05) is 5.32 Å². The molecule has 5 nitrogen and oxygen atoms in total. The first-order valence-corrected chi connectivity index (χ1v) is 6.90. The maximum Gasteiger partial charge on any atom is 0.319 e. The first kappa shape index (κ1) is 15.3. The van der Waals surface area contributed by atoms with Crippen molar-refractivity contribution in [2.45, 2.75) is 39.2 Å². The van der Waals surface area contributed by atoms with Crippen LogP contribution < -0.4 is 10.6 Å². The van der Waals surface area contributed by atoms with E-state index in [4.69, 9.17) is 0 Å². The molecular formula is C15H19FN2O3. The molecule has 1 aliphatic rings. The van der Waals surface area contributed by atoms with Gasteiger partial charge in [-0.3, -0.25) is 4.79 Å². The molecule has 0 aromatic heterocycles. The Labute approximate surface area is 122 Å².